The third kappa shape index (κ3) is 5.74. The minimum absolute atomic E-state index is 0.427. The van der Waals surface area contributed by atoms with E-state index in [1.807, 2.05) is 30.3 Å². The van der Waals surface area contributed by atoms with E-state index in [1.165, 1.54) is 12.8 Å². The molecule has 2 heteroatoms. The lowest BCUT2D eigenvalue weighted by molar-refractivity contribution is 0.319. The number of unbranched alkanes of at least 4 members (excludes halogenated alkanes) is 3. The van der Waals surface area contributed by atoms with Crippen molar-refractivity contribution in [1.29, 1.82) is 0 Å². The third-order valence-electron chi connectivity index (χ3n) is 2.67. The highest BCUT2D eigenvalue weighted by atomic mass is 19.1. The van der Waals surface area contributed by atoms with Crippen molar-refractivity contribution in [3.05, 3.63) is 30.3 Å². The molecule has 0 aromatic heterocycles. The molecule has 0 aliphatic heterocycles. The van der Waals surface area contributed by atoms with Gasteiger partial charge >= 0.3 is 0 Å². The van der Waals surface area contributed by atoms with Crippen molar-refractivity contribution in [2.24, 2.45) is 0 Å². The van der Waals surface area contributed by atoms with Gasteiger partial charge in [-0.2, -0.15) is 0 Å². The van der Waals surface area contributed by atoms with E-state index in [9.17, 15) is 4.39 Å². The van der Waals surface area contributed by atoms with Crippen LogP contribution >= 0.6 is 0 Å². The lowest BCUT2D eigenvalue weighted by Gasteiger charge is -2.10. The maximum absolute atomic E-state index is 13.5. The highest BCUT2D eigenvalue weighted by molar-refractivity contribution is 5.42. The van der Waals surface area contributed by atoms with E-state index in [4.69, 9.17) is 0 Å². The second-order valence-corrected chi connectivity index (χ2v) is 4.19. The SMILES string of the molecule is CCCCCCC(F)CNc1ccccc1. The average molecular weight is 223 g/mol. The summed E-state index contributed by atoms with van der Waals surface area (Å²) in [6.45, 7) is 2.60. The molecule has 0 spiro atoms. The van der Waals surface area contributed by atoms with E-state index in [1.54, 1.807) is 0 Å². The second kappa shape index (κ2) is 8.14. The lowest BCUT2D eigenvalue weighted by Crippen LogP contribution is -2.14. The molecule has 0 aliphatic rings. The number of halogens is 1. The summed E-state index contributed by atoms with van der Waals surface area (Å²) in [5, 5.41) is 3.11. The maximum Gasteiger partial charge on any atom is 0.117 e. The molecule has 1 rings (SSSR count). The van der Waals surface area contributed by atoms with Crippen LogP contribution in [0.15, 0.2) is 30.3 Å². The normalized spacial score (nSPS) is 12.4. The third-order valence-corrected chi connectivity index (χ3v) is 2.67. The molecule has 1 aromatic rings. The van der Waals surface area contributed by atoms with Gasteiger partial charge in [0, 0.05) is 12.2 Å². The number of alkyl halides is 1. The monoisotopic (exact) mass is 223 g/mol. The van der Waals surface area contributed by atoms with E-state index in [0.29, 0.717) is 13.0 Å². The van der Waals surface area contributed by atoms with Crippen LogP contribution in [-0.4, -0.2) is 12.7 Å². The van der Waals surface area contributed by atoms with Crippen LogP contribution in [0.3, 0.4) is 0 Å². The molecule has 90 valence electrons. The van der Waals surface area contributed by atoms with Gasteiger partial charge in [-0.05, 0) is 18.6 Å². The number of hydrogen-bond acceptors (Lipinski definition) is 1. The Bertz CT molecular complexity index is 261. The first kappa shape index (κ1) is 13.0. The van der Waals surface area contributed by atoms with Gasteiger partial charge in [0.15, 0.2) is 0 Å². The highest BCUT2D eigenvalue weighted by Crippen LogP contribution is 2.10. The molecule has 1 nitrogen and oxygen atoms in total. The van der Waals surface area contributed by atoms with Gasteiger partial charge in [0.05, 0.1) is 0 Å². The van der Waals surface area contributed by atoms with Crippen LogP contribution < -0.4 is 5.32 Å². The first-order valence-corrected chi connectivity index (χ1v) is 6.26. The number of benzene rings is 1. The van der Waals surface area contributed by atoms with Crippen LogP contribution in [-0.2, 0) is 0 Å². The summed E-state index contributed by atoms with van der Waals surface area (Å²) in [4.78, 5) is 0. The van der Waals surface area contributed by atoms with Gasteiger partial charge in [-0.15, -0.1) is 0 Å². The van der Waals surface area contributed by atoms with Crippen molar-refractivity contribution in [2.45, 2.75) is 45.2 Å². The predicted octanol–water partition coefficient (Wildman–Crippen LogP) is 4.41. The molecule has 0 heterocycles. The molecule has 1 aromatic carbocycles. The number of nitrogens with one attached hydrogen (secondary N) is 1. The van der Waals surface area contributed by atoms with Gasteiger partial charge in [0.1, 0.15) is 6.17 Å². The van der Waals surface area contributed by atoms with Crippen molar-refractivity contribution in [3.8, 4) is 0 Å². The quantitative estimate of drug-likeness (QED) is 0.644. The first-order valence-electron chi connectivity index (χ1n) is 6.26. The Kier molecular flexibility index (Phi) is 6.62. The van der Waals surface area contributed by atoms with Crippen LogP contribution in [0.5, 0.6) is 0 Å². The van der Waals surface area contributed by atoms with Gasteiger partial charge in [0.25, 0.3) is 0 Å². The second-order valence-electron chi connectivity index (χ2n) is 4.19. The molecule has 0 radical (unpaired) electrons. The minimum atomic E-state index is -0.725. The van der Waals surface area contributed by atoms with Crippen molar-refractivity contribution >= 4 is 5.69 Å². The number of rotatable bonds is 8. The zero-order chi connectivity index (χ0) is 11.6. The summed E-state index contributed by atoms with van der Waals surface area (Å²) in [5.74, 6) is 0. The predicted molar refractivity (Wildman–Crippen MR) is 68.6 cm³/mol. The minimum Gasteiger partial charge on any atom is -0.382 e. The molecule has 0 saturated heterocycles. The highest BCUT2D eigenvalue weighted by Gasteiger charge is 2.05. The molecule has 0 bridgehead atoms. The van der Waals surface area contributed by atoms with Crippen molar-refractivity contribution in [1.82, 2.24) is 0 Å². The molecule has 0 amide bonds. The smallest absolute Gasteiger partial charge is 0.117 e. The summed E-state index contributed by atoms with van der Waals surface area (Å²) >= 11 is 0. The van der Waals surface area contributed by atoms with Gasteiger partial charge in [-0.25, -0.2) is 4.39 Å². The zero-order valence-corrected chi connectivity index (χ0v) is 10.1. The van der Waals surface area contributed by atoms with E-state index >= 15 is 0 Å². The van der Waals surface area contributed by atoms with Crippen LogP contribution in [0.25, 0.3) is 0 Å². The zero-order valence-electron chi connectivity index (χ0n) is 10.1. The maximum atomic E-state index is 13.5. The molecular formula is C14H22FN. The molecular weight excluding hydrogens is 201 g/mol. The summed E-state index contributed by atoms with van der Waals surface area (Å²) < 4.78 is 13.5. The number of para-hydroxylation sites is 1. The molecule has 0 saturated carbocycles. The van der Waals surface area contributed by atoms with Crippen molar-refractivity contribution < 1.29 is 4.39 Å². The first-order chi connectivity index (χ1) is 7.83. The van der Waals surface area contributed by atoms with Crippen molar-refractivity contribution in [2.75, 3.05) is 11.9 Å². The van der Waals surface area contributed by atoms with E-state index < -0.39 is 6.17 Å². The molecule has 0 fully saturated rings. The van der Waals surface area contributed by atoms with E-state index in [-0.39, 0.29) is 0 Å². The Balaban J connectivity index is 2.08. The molecule has 16 heavy (non-hydrogen) atoms. The Morgan fingerprint density at radius 2 is 1.88 bits per heavy atom. The largest absolute Gasteiger partial charge is 0.382 e. The van der Waals surface area contributed by atoms with Crippen LogP contribution in [0.2, 0.25) is 0 Å². The summed E-state index contributed by atoms with van der Waals surface area (Å²) in [7, 11) is 0. The fourth-order valence-corrected chi connectivity index (χ4v) is 1.68. The van der Waals surface area contributed by atoms with E-state index in [0.717, 1.165) is 18.5 Å². The summed E-state index contributed by atoms with van der Waals surface area (Å²) in [6.07, 6.45) is 4.54. The Hall–Kier alpha value is -1.05. The van der Waals surface area contributed by atoms with Crippen LogP contribution in [0.4, 0.5) is 10.1 Å². The standard InChI is InChI=1S/C14H22FN/c1-2-3-4-6-9-13(15)12-16-14-10-7-5-8-11-14/h5,7-8,10-11,13,16H,2-4,6,9,12H2,1H3. The number of anilines is 1. The summed E-state index contributed by atoms with van der Waals surface area (Å²) in [6, 6.07) is 9.80. The molecule has 1 N–H and O–H groups in total. The fraction of sp³-hybridized carbons (Fsp3) is 0.571. The average Bonchev–Trinajstić information content (AvgIpc) is 2.33. The summed E-state index contributed by atoms with van der Waals surface area (Å²) in [5.41, 5.74) is 0.999. The molecule has 0 aliphatic carbocycles. The van der Waals surface area contributed by atoms with Crippen LogP contribution in [0, 0.1) is 0 Å². The van der Waals surface area contributed by atoms with Gasteiger partial charge in [0.2, 0.25) is 0 Å². The molecule has 1 unspecified atom stereocenters. The Labute approximate surface area is 98.1 Å². The van der Waals surface area contributed by atoms with Crippen molar-refractivity contribution in [3.63, 3.8) is 0 Å². The molecule has 1 atom stereocenters. The fourth-order valence-electron chi connectivity index (χ4n) is 1.68. The van der Waals surface area contributed by atoms with Gasteiger partial charge in [-0.3, -0.25) is 0 Å². The topological polar surface area (TPSA) is 12.0 Å². The van der Waals surface area contributed by atoms with Crippen LogP contribution in [0.1, 0.15) is 39.0 Å². The van der Waals surface area contributed by atoms with E-state index in [2.05, 4.69) is 12.2 Å². The van der Waals surface area contributed by atoms with Gasteiger partial charge in [-0.1, -0.05) is 50.8 Å². The Morgan fingerprint density at radius 3 is 2.56 bits per heavy atom. The number of hydrogen-bond donors (Lipinski definition) is 1. The Morgan fingerprint density at radius 1 is 1.12 bits per heavy atom. The van der Waals surface area contributed by atoms with Gasteiger partial charge < -0.3 is 5.32 Å². The lowest BCUT2D eigenvalue weighted by atomic mass is 10.1.